The van der Waals surface area contributed by atoms with E-state index in [1.165, 1.54) is 11.1 Å². The van der Waals surface area contributed by atoms with Crippen LogP contribution in [0, 0.1) is 0 Å². The average Bonchev–Trinajstić information content (AvgIpc) is 2.86. The van der Waals surface area contributed by atoms with E-state index in [9.17, 15) is 0 Å². The summed E-state index contributed by atoms with van der Waals surface area (Å²) >= 11 is 0. The number of nitrogens with zero attached hydrogens (tertiary/aromatic N) is 2. The SMILES string of the molecule is CC[Si](CCC[n+]1ccc(-c2cc[n+](CCC[Si](OC)(OC)OC)cc2)cc1)(OC)OC. The molecule has 0 bridgehead atoms. The number of pyridine rings is 2. The molecule has 7 nitrogen and oxygen atoms in total. The summed E-state index contributed by atoms with van der Waals surface area (Å²) in [6.45, 7) is 4.01. The van der Waals surface area contributed by atoms with E-state index < -0.39 is 17.4 Å². The lowest BCUT2D eigenvalue weighted by Crippen LogP contribution is -2.44. The topological polar surface area (TPSA) is 53.9 Å². The van der Waals surface area contributed by atoms with Gasteiger partial charge in [-0.25, -0.2) is 9.13 Å². The third-order valence-electron chi connectivity index (χ3n) is 6.20. The van der Waals surface area contributed by atoms with Crippen molar-refractivity contribution in [3.63, 3.8) is 0 Å². The molecule has 32 heavy (non-hydrogen) atoms. The summed E-state index contributed by atoms with van der Waals surface area (Å²) < 4.78 is 32.3. The Morgan fingerprint density at radius 2 is 1.03 bits per heavy atom. The van der Waals surface area contributed by atoms with E-state index in [1.807, 2.05) is 0 Å². The van der Waals surface area contributed by atoms with E-state index >= 15 is 0 Å². The summed E-state index contributed by atoms with van der Waals surface area (Å²) in [4.78, 5) is 0. The van der Waals surface area contributed by atoms with Gasteiger partial charge in [-0.15, -0.1) is 0 Å². The fraction of sp³-hybridized carbons (Fsp3) is 0.565. The molecule has 0 amide bonds. The molecule has 0 fully saturated rings. The molecule has 0 spiro atoms. The highest BCUT2D eigenvalue weighted by Crippen LogP contribution is 2.20. The average molecular weight is 481 g/mol. The molecule has 2 rings (SSSR count). The van der Waals surface area contributed by atoms with Crippen molar-refractivity contribution in [1.82, 2.24) is 0 Å². The molecular formula is C23H40N2O5Si2+2. The maximum Gasteiger partial charge on any atom is 0.500 e. The molecule has 0 saturated heterocycles. The van der Waals surface area contributed by atoms with Gasteiger partial charge in [-0.1, -0.05) is 6.92 Å². The highest BCUT2D eigenvalue weighted by molar-refractivity contribution is 6.67. The van der Waals surface area contributed by atoms with Gasteiger partial charge in [0.05, 0.1) is 0 Å². The van der Waals surface area contributed by atoms with Crippen LogP contribution in [0.4, 0.5) is 0 Å². The van der Waals surface area contributed by atoms with Gasteiger partial charge in [-0.05, 0) is 23.2 Å². The zero-order valence-corrected chi connectivity index (χ0v) is 22.5. The Balaban J connectivity index is 1.88. The number of aromatic nitrogens is 2. The van der Waals surface area contributed by atoms with E-state index in [0.717, 1.165) is 44.1 Å². The minimum Gasteiger partial charge on any atom is -0.398 e. The molecule has 0 aliphatic carbocycles. The largest absolute Gasteiger partial charge is 0.500 e. The Hall–Kier alpha value is -1.47. The maximum absolute atomic E-state index is 5.71. The summed E-state index contributed by atoms with van der Waals surface area (Å²) in [6, 6.07) is 11.4. The predicted octanol–water partition coefficient (Wildman–Crippen LogP) is 3.34. The zero-order chi connectivity index (χ0) is 23.5. The van der Waals surface area contributed by atoms with Crippen molar-refractivity contribution < 1.29 is 31.3 Å². The van der Waals surface area contributed by atoms with Crippen LogP contribution in [0.3, 0.4) is 0 Å². The Labute approximate surface area is 195 Å². The molecule has 0 atom stereocenters. The first-order valence-corrected chi connectivity index (χ1v) is 15.4. The van der Waals surface area contributed by atoms with Crippen LogP contribution < -0.4 is 9.13 Å². The van der Waals surface area contributed by atoms with Crippen LogP contribution in [-0.2, 0) is 35.2 Å². The Morgan fingerprint density at radius 1 is 0.625 bits per heavy atom. The van der Waals surface area contributed by atoms with Gasteiger partial charge in [-0.3, -0.25) is 0 Å². The fourth-order valence-corrected chi connectivity index (χ4v) is 7.82. The Kier molecular flexibility index (Phi) is 11.1. The molecule has 2 heterocycles. The van der Waals surface area contributed by atoms with Gasteiger partial charge < -0.3 is 22.1 Å². The zero-order valence-electron chi connectivity index (χ0n) is 20.5. The number of hydrogen-bond acceptors (Lipinski definition) is 5. The molecule has 0 N–H and O–H groups in total. The Bertz CT molecular complexity index is 698. The summed E-state index contributed by atoms with van der Waals surface area (Å²) in [7, 11) is 4.03. The van der Waals surface area contributed by atoms with E-state index in [0.29, 0.717) is 0 Å². The number of rotatable bonds is 15. The lowest BCUT2D eigenvalue weighted by Gasteiger charge is -2.25. The maximum atomic E-state index is 5.71. The fourth-order valence-electron chi connectivity index (χ4n) is 3.92. The van der Waals surface area contributed by atoms with Crippen molar-refractivity contribution in [3.05, 3.63) is 49.1 Å². The van der Waals surface area contributed by atoms with Crippen LogP contribution in [-0.4, -0.2) is 52.9 Å². The molecular weight excluding hydrogens is 440 g/mol. The minimum absolute atomic E-state index is 0.792. The van der Waals surface area contributed by atoms with Gasteiger partial charge in [0.15, 0.2) is 24.8 Å². The molecule has 0 aromatic carbocycles. The second kappa shape index (κ2) is 13.3. The number of aryl methyl sites for hydroxylation is 2. The predicted molar refractivity (Wildman–Crippen MR) is 128 cm³/mol. The lowest BCUT2D eigenvalue weighted by molar-refractivity contribution is -0.697. The molecule has 9 heteroatoms. The lowest BCUT2D eigenvalue weighted by atomic mass is 10.1. The Morgan fingerprint density at radius 3 is 1.38 bits per heavy atom. The van der Waals surface area contributed by atoms with Gasteiger partial charge in [0.25, 0.3) is 0 Å². The summed E-state index contributed by atoms with van der Waals surface area (Å²) in [5, 5.41) is 0. The first kappa shape index (κ1) is 26.8. The molecule has 0 aliphatic heterocycles. The van der Waals surface area contributed by atoms with Crippen LogP contribution in [0.5, 0.6) is 0 Å². The van der Waals surface area contributed by atoms with E-state index in [1.54, 1.807) is 35.5 Å². The van der Waals surface area contributed by atoms with E-state index in [-0.39, 0.29) is 0 Å². The highest BCUT2D eigenvalue weighted by Gasteiger charge is 2.37. The standard InChI is InChI=1S/C23H40N2O5Si2/c1-7-31(26-2,27-3)20-8-14-24-16-10-22(11-17-24)23-12-18-25(19-13-23)15-9-21-32(28-4,29-5)30-6/h10-13,16-19H,7-9,14-15,20-21H2,1-6H3/q+2. The summed E-state index contributed by atoms with van der Waals surface area (Å²) in [6.07, 6.45) is 10.5. The van der Waals surface area contributed by atoms with Crippen molar-refractivity contribution in [3.8, 4) is 11.1 Å². The van der Waals surface area contributed by atoms with E-state index in [4.69, 9.17) is 22.1 Å². The van der Waals surface area contributed by atoms with Crippen LogP contribution in [0.2, 0.25) is 18.1 Å². The number of hydrogen-bond donors (Lipinski definition) is 0. The smallest absolute Gasteiger partial charge is 0.398 e. The molecule has 0 aliphatic rings. The molecule has 0 saturated carbocycles. The molecule has 178 valence electrons. The third-order valence-corrected chi connectivity index (χ3v) is 12.7. The highest BCUT2D eigenvalue weighted by atomic mass is 28.4. The first-order chi connectivity index (χ1) is 15.5. The summed E-state index contributed by atoms with van der Waals surface area (Å²) in [5.41, 5.74) is 2.42. The van der Waals surface area contributed by atoms with Crippen LogP contribution in [0.25, 0.3) is 11.1 Å². The van der Waals surface area contributed by atoms with Crippen molar-refractivity contribution in [2.45, 2.75) is 51.0 Å². The molecule has 2 aromatic heterocycles. The molecule has 0 radical (unpaired) electrons. The second-order valence-corrected chi connectivity index (χ2v) is 14.8. The quantitative estimate of drug-likeness (QED) is 0.289. The van der Waals surface area contributed by atoms with Crippen molar-refractivity contribution in [2.24, 2.45) is 0 Å². The van der Waals surface area contributed by atoms with Gasteiger partial charge in [-0.2, -0.15) is 0 Å². The third kappa shape index (κ3) is 7.27. The van der Waals surface area contributed by atoms with Crippen molar-refractivity contribution in [2.75, 3.05) is 35.5 Å². The monoisotopic (exact) mass is 480 g/mol. The summed E-state index contributed by atoms with van der Waals surface area (Å²) in [5.74, 6) is 0. The van der Waals surface area contributed by atoms with Crippen LogP contribution in [0.1, 0.15) is 19.8 Å². The van der Waals surface area contributed by atoms with Crippen molar-refractivity contribution in [1.29, 1.82) is 0 Å². The van der Waals surface area contributed by atoms with Gasteiger partial charge in [0, 0.05) is 78.7 Å². The minimum atomic E-state index is -2.49. The second-order valence-electron chi connectivity index (χ2n) is 7.82. The first-order valence-electron chi connectivity index (χ1n) is 11.2. The van der Waals surface area contributed by atoms with Crippen LogP contribution in [0.15, 0.2) is 49.1 Å². The normalized spacial score (nSPS) is 12.3. The van der Waals surface area contributed by atoms with Crippen molar-refractivity contribution >= 4 is 17.4 Å². The van der Waals surface area contributed by atoms with Gasteiger partial charge in [0.1, 0.15) is 13.1 Å². The van der Waals surface area contributed by atoms with Crippen LogP contribution >= 0.6 is 0 Å². The van der Waals surface area contributed by atoms with Gasteiger partial charge in [0.2, 0.25) is 0 Å². The molecule has 2 aromatic rings. The van der Waals surface area contributed by atoms with E-state index in [2.05, 4.69) is 65.1 Å². The van der Waals surface area contributed by atoms with Gasteiger partial charge >= 0.3 is 17.4 Å². The molecule has 0 unspecified atom stereocenters.